The van der Waals surface area contributed by atoms with Gasteiger partial charge in [0, 0.05) is 4.88 Å². The number of aliphatic carboxylic acids is 1. The van der Waals surface area contributed by atoms with E-state index in [1.54, 1.807) is 11.3 Å². The van der Waals surface area contributed by atoms with Gasteiger partial charge in [-0.3, -0.25) is 4.79 Å². The van der Waals surface area contributed by atoms with Crippen LogP contribution in [-0.2, 0) is 10.3 Å². The Bertz CT molecular complexity index is 336. The van der Waals surface area contributed by atoms with Gasteiger partial charge in [0.2, 0.25) is 0 Å². The molecule has 14 heavy (non-hydrogen) atoms. The van der Waals surface area contributed by atoms with Gasteiger partial charge in [0.15, 0.2) is 0 Å². The summed E-state index contributed by atoms with van der Waals surface area (Å²) in [5.74, 6) is -1.01. The second kappa shape index (κ2) is 3.37. The van der Waals surface area contributed by atoms with Gasteiger partial charge in [-0.15, -0.1) is 11.3 Å². The fraction of sp³-hybridized carbons (Fsp3) is 0.500. The van der Waals surface area contributed by atoms with E-state index < -0.39 is 5.97 Å². The van der Waals surface area contributed by atoms with E-state index in [-0.39, 0.29) is 11.5 Å². The molecule has 2 rings (SSSR count). The number of thiophene rings is 1. The first-order valence-electron chi connectivity index (χ1n) is 4.66. The van der Waals surface area contributed by atoms with Crippen LogP contribution in [0, 0.1) is 5.92 Å². The molecule has 2 heterocycles. The van der Waals surface area contributed by atoms with Crippen molar-refractivity contribution in [1.29, 1.82) is 0 Å². The molecule has 2 N–H and O–H groups in total. The Labute approximate surface area is 86.8 Å². The van der Waals surface area contributed by atoms with E-state index in [0.29, 0.717) is 6.42 Å². The summed E-state index contributed by atoms with van der Waals surface area (Å²) in [5.41, 5.74) is -0.375. The van der Waals surface area contributed by atoms with Crippen molar-refractivity contribution >= 4 is 17.3 Å². The SMILES string of the molecule is CC1(c2cccs2)NCCC1C(=O)O. The maximum absolute atomic E-state index is 11.1. The molecule has 0 amide bonds. The van der Waals surface area contributed by atoms with E-state index in [4.69, 9.17) is 5.11 Å². The highest BCUT2D eigenvalue weighted by atomic mass is 32.1. The molecule has 1 aliphatic rings. The molecule has 4 heteroatoms. The van der Waals surface area contributed by atoms with Crippen LogP contribution in [0.1, 0.15) is 18.2 Å². The molecule has 0 bridgehead atoms. The van der Waals surface area contributed by atoms with Crippen LogP contribution in [0.5, 0.6) is 0 Å². The second-order valence-electron chi connectivity index (χ2n) is 3.79. The van der Waals surface area contributed by atoms with E-state index in [9.17, 15) is 4.79 Å². The monoisotopic (exact) mass is 211 g/mol. The fourth-order valence-electron chi connectivity index (χ4n) is 2.09. The fourth-order valence-corrected chi connectivity index (χ4v) is 3.01. The summed E-state index contributed by atoms with van der Waals surface area (Å²) in [4.78, 5) is 12.2. The van der Waals surface area contributed by atoms with Gasteiger partial charge in [0.1, 0.15) is 0 Å². The van der Waals surface area contributed by atoms with Crippen molar-refractivity contribution in [2.24, 2.45) is 5.92 Å². The molecule has 1 fully saturated rings. The minimum absolute atomic E-state index is 0.304. The van der Waals surface area contributed by atoms with E-state index >= 15 is 0 Å². The van der Waals surface area contributed by atoms with Crippen LogP contribution in [0.3, 0.4) is 0 Å². The second-order valence-corrected chi connectivity index (χ2v) is 4.73. The average molecular weight is 211 g/mol. The topological polar surface area (TPSA) is 49.3 Å². The van der Waals surface area contributed by atoms with E-state index in [1.165, 1.54) is 0 Å². The third-order valence-corrected chi connectivity index (χ3v) is 4.06. The molecule has 0 radical (unpaired) electrons. The van der Waals surface area contributed by atoms with Gasteiger partial charge in [0.25, 0.3) is 0 Å². The Morgan fingerprint density at radius 3 is 3.14 bits per heavy atom. The number of nitrogens with one attached hydrogen (secondary N) is 1. The first-order valence-corrected chi connectivity index (χ1v) is 5.54. The van der Waals surface area contributed by atoms with Gasteiger partial charge >= 0.3 is 5.97 Å². The zero-order chi connectivity index (χ0) is 10.2. The lowest BCUT2D eigenvalue weighted by Gasteiger charge is -2.27. The van der Waals surface area contributed by atoms with Crippen LogP contribution in [0.15, 0.2) is 17.5 Å². The molecule has 1 aromatic heterocycles. The number of carboxylic acid groups (broad SMARTS) is 1. The molecule has 1 saturated heterocycles. The Kier molecular flexibility index (Phi) is 2.33. The Morgan fingerprint density at radius 1 is 1.79 bits per heavy atom. The lowest BCUT2D eigenvalue weighted by Crippen LogP contribution is -2.41. The van der Waals surface area contributed by atoms with Gasteiger partial charge in [-0.05, 0) is 31.3 Å². The molecule has 0 spiro atoms. The van der Waals surface area contributed by atoms with Crippen molar-refractivity contribution in [3.63, 3.8) is 0 Å². The molecular weight excluding hydrogens is 198 g/mol. The maximum Gasteiger partial charge on any atom is 0.308 e. The molecule has 1 aliphatic heterocycles. The average Bonchev–Trinajstić information content (AvgIpc) is 2.71. The van der Waals surface area contributed by atoms with Gasteiger partial charge in [0.05, 0.1) is 11.5 Å². The standard InChI is InChI=1S/C10H13NO2S/c1-10(8-3-2-6-14-8)7(9(12)13)4-5-11-10/h2-3,6-7,11H,4-5H2,1H3,(H,12,13). The highest BCUT2D eigenvalue weighted by molar-refractivity contribution is 7.10. The lowest BCUT2D eigenvalue weighted by molar-refractivity contribution is -0.143. The summed E-state index contributed by atoms with van der Waals surface area (Å²) in [6, 6.07) is 3.96. The third kappa shape index (κ3) is 1.35. The molecular formula is C10H13NO2S. The molecule has 2 atom stereocenters. The van der Waals surface area contributed by atoms with E-state index in [0.717, 1.165) is 11.4 Å². The van der Waals surface area contributed by atoms with Gasteiger partial charge in [-0.1, -0.05) is 6.07 Å². The van der Waals surface area contributed by atoms with Crippen molar-refractivity contribution in [2.75, 3.05) is 6.54 Å². The Balaban J connectivity index is 2.35. The molecule has 0 aromatic carbocycles. The summed E-state index contributed by atoms with van der Waals surface area (Å²) in [6.07, 6.45) is 0.712. The van der Waals surface area contributed by atoms with Crippen molar-refractivity contribution in [1.82, 2.24) is 5.32 Å². The summed E-state index contributed by atoms with van der Waals surface area (Å²) in [5, 5.41) is 14.4. The van der Waals surface area contributed by atoms with Crippen LogP contribution in [0.4, 0.5) is 0 Å². The molecule has 76 valence electrons. The van der Waals surface area contributed by atoms with Crippen LogP contribution in [0.2, 0.25) is 0 Å². The molecule has 0 aliphatic carbocycles. The van der Waals surface area contributed by atoms with E-state index in [2.05, 4.69) is 5.32 Å². The first kappa shape index (κ1) is 9.68. The normalized spacial score (nSPS) is 31.9. The summed E-state index contributed by atoms with van der Waals surface area (Å²) >= 11 is 1.61. The number of rotatable bonds is 2. The number of hydrogen-bond donors (Lipinski definition) is 2. The van der Waals surface area contributed by atoms with Crippen LogP contribution in [-0.4, -0.2) is 17.6 Å². The van der Waals surface area contributed by atoms with E-state index in [1.807, 2.05) is 24.4 Å². The minimum Gasteiger partial charge on any atom is -0.481 e. The predicted octanol–water partition coefficient (Wildman–Crippen LogP) is 1.66. The van der Waals surface area contributed by atoms with Crippen LogP contribution >= 0.6 is 11.3 Å². The lowest BCUT2D eigenvalue weighted by atomic mass is 9.86. The highest BCUT2D eigenvalue weighted by Crippen LogP contribution is 2.38. The summed E-state index contributed by atoms with van der Waals surface area (Å²) in [6.45, 7) is 2.76. The molecule has 1 aromatic rings. The Hall–Kier alpha value is -0.870. The van der Waals surface area contributed by atoms with Crippen molar-refractivity contribution < 1.29 is 9.90 Å². The molecule has 2 unspecified atom stereocenters. The maximum atomic E-state index is 11.1. The minimum atomic E-state index is -0.703. The first-order chi connectivity index (χ1) is 6.64. The third-order valence-electron chi connectivity index (χ3n) is 2.95. The largest absolute Gasteiger partial charge is 0.481 e. The van der Waals surface area contributed by atoms with Crippen molar-refractivity contribution in [2.45, 2.75) is 18.9 Å². The van der Waals surface area contributed by atoms with Gasteiger partial charge in [-0.2, -0.15) is 0 Å². The number of carbonyl (C=O) groups is 1. The van der Waals surface area contributed by atoms with Gasteiger partial charge < -0.3 is 10.4 Å². The zero-order valence-electron chi connectivity index (χ0n) is 7.99. The van der Waals surface area contributed by atoms with Crippen LogP contribution < -0.4 is 5.32 Å². The molecule has 3 nitrogen and oxygen atoms in total. The van der Waals surface area contributed by atoms with Crippen molar-refractivity contribution in [3.05, 3.63) is 22.4 Å². The molecule has 0 saturated carbocycles. The smallest absolute Gasteiger partial charge is 0.308 e. The summed E-state index contributed by atoms with van der Waals surface area (Å²) < 4.78 is 0. The predicted molar refractivity (Wildman–Crippen MR) is 55.4 cm³/mol. The van der Waals surface area contributed by atoms with Gasteiger partial charge in [-0.25, -0.2) is 0 Å². The highest BCUT2D eigenvalue weighted by Gasteiger charge is 2.44. The number of carboxylic acids is 1. The Morgan fingerprint density at radius 2 is 2.57 bits per heavy atom. The zero-order valence-corrected chi connectivity index (χ0v) is 8.80. The quantitative estimate of drug-likeness (QED) is 0.782. The number of hydrogen-bond acceptors (Lipinski definition) is 3. The van der Waals surface area contributed by atoms with Crippen molar-refractivity contribution in [3.8, 4) is 0 Å². The summed E-state index contributed by atoms with van der Waals surface area (Å²) in [7, 11) is 0. The van der Waals surface area contributed by atoms with Crippen LogP contribution in [0.25, 0.3) is 0 Å².